The van der Waals surface area contributed by atoms with E-state index in [9.17, 15) is 9.18 Å². The molecule has 1 aliphatic heterocycles. The number of aromatic nitrogens is 2. The summed E-state index contributed by atoms with van der Waals surface area (Å²) in [6, 6.07) is 13.1. The van der Waals surface area contributed by atoms with Gasteiger partial charge in [-0.3, -0.25) is 10.1 Å². The number of hydrogen-bond donors (Lipinski definition) is 1. The molecule has 31 heavy (non-hydrogen) atoms. The van der Waals surface area contributed by atoms with Crippen molar-refractivity contribution in [3.63, 3.8) is 0 Å². The third-order valence-electron chi connectivity index (χ3n) is 5.18. The molecular weight excluding hydrogens is 415 g/mol. The molecule has 0 aliphatic carbocycles. The maximum atomic E-state index is 13.2. The Kier molecular flexibility index (Phi) is 5.09. The van der Waals surface area contributed by atoms with E-state index in [1.807, 2.05) is 6.07 Å². The lowest BCUT2D eigenvalue weighted by atomic mass is 10.1. The number of nitrogens with one attached hydrogen (secondary N) is 1. The van der Waals surface area contributed by atoms with Gasteiger partial charge in [0.2, 0.25) is 5.89 Å². The topological polar surface area (TPSA) is 71.3 Å². The van der Waals surface area contributed by atoms with E-state index < -0.39 is 0 Å². The Hall–Kier alpha value is -3.36. The van der Waals surface area contributed by atoms with Crippen LogP contribution < -0.4 is 5.32 Å². The number of likely N-dealkylation sites (N-methyl/N-ethyl adjacent to an activating group) is 1. The number of carbonyl (C=O) groups is 1. The standard InChI is InChI=1S/C23H19FN4O2S/c1-28-11-10-18-20(13-28)31-23(26-18)27-21(29)16-4-2-3-5-17(16)22-25-12-19(30-22)14-6-8-15(24)9-7-14/h2-9,12H,10-11,13H2,1H3,(H,26,27,29). The fourth-order valence-electron chi connectivity index (χ4n) is 3.55. The highest BCUT2D eigenvalue weighted by Crippen LogP contribution is 2.31. The SMILES string of the molecule is CN1CCc2nc(NC(=O)c3ccccc3-c3ncc(-c4ccc(F)cc4)o3)sc2C1. The average Bonchev–Trinajstić information content (AvgIpc) is 3.41. The largest absolute Gasteiger partial charge is 0.436 e. The van der Waals surface area contributed by atoms with Crippen LogP contribution >= 0.6 is 11.3 Å². The maximum Gasteiger partial charge on any atom is 0.258 e. The number of benzene rings is 2. The molecule has 0 bridgehead atoms. The first-order chi connectivity index (χ1) is 15.1. The van der Waals surface area contributed by atoms with Crippen LogP contribution in [0.4, 0.5) is 9.52 Å². The smallest absolute Gasteiger partial charge is 0.258 e. The second kappa shape index (κ2) is 8.05. The van der Waals surface area contributed by atoms with Crippen LogP contribution in [-0.4, -0.2) is 34.4 Å². The van der Waals surface area contributed by atoms with Crippen molar-refractivity contribution in [1.29, 1.82) is 0 Å². The summed E-state index contributed by atoms with van der Waals surface area (Å²) >= 11 is 1.51. The van der Waals surface area contributed by atoms with Crippen LogP contribution in [0, 0.1) is 5.82 Å². The number of rotatable bonds is 4. The Labute approximate surface area is 182 Å². The van der Waals surface area contributed by atoms with Crippen LogP contribution in [-0.2, 0) is 13.0 Å². The summed E-state index contributed by atoms with van der Waals surface area (Å²) in [6.45, 7) is 1.81. The van der Waals surface area contributed by atoms with E-state index in [0.29, 0.717) is 33.5 Å². The Morgan fingerprint density at radius 2 is 2.00 bits per heavy atom. The molecular formula is C23H19FN4O2S. The zero-order valence-corrected chi connectivity index (χ0v) is 17.6. The number of nitrogens with zero attached hydrogens (tertiary/aromatic N) is 3. The summed E-state index contributed by atoms with van der Waals surface area (Å²) in [5.41, 5.74) is 2.79. The minimum absolute atomic E-state index is 0.267. The zero-order valence-electron chi connectivity index (χ0n) is 16.8. The van der Waals surface area contributed by atoms with Gasteiger partial charge in [-0.2, -0.15) is 0 Å². The van der Waals surface area contributed by atoms with Gasteiger partial charge in [0.25, 0.3) is 5.91 Å². The summed E-state index contributed by atoms with van der Waals surface area (Å²) < 4.78 is 19.1. The minimum Gasteiger partial charge on any atom is -0.436 e. The lowest BCUT2D eigenvalue weighted by molar-refractivity contribution is 0.102. The Morgan fingerprint density at radius 1 is 1.19 bits per heavy atom. The van der Waals surface area contributed by atoms with E-state index in [2.05, 4.69) is 27.2 Å². The molecule has 2 aromatic carbocycles. The van der Waals surface area contributed by atoms with Crippen molar-refractivity contribution in [2.24, 2.45) is 0 Å². The zero-order chi connectivity index (χ0) is 21.4. The molecule has 4 aromatic rings. The second-order valence-electron chi connectivity index (χ2n) is 7.41. The van der Waals surface area contributed by atoms with Gasteiger partial charge in [0.1, 0.15) is 5.82 Å². The fraction of sp³-hybridized carbons (Fsp3) is 0.174. The molecule has 0 spiro atoms. The molecule has 1 amide bonds. The molecule has 0 radical (unpaired) electrons. The lowest BCUT2D eigenvalue weighted by Gasteiger charge is -2.20. The number of anilines is 1. The van der Waals surface area contributed by atoms with Crippen molar-refractivity contribution >= 4 is 22.4 Å². The number of fused-ring (bicyclic) bond motifs is 1. The Balaban J connectivity index is 1.41. The second-order valence-corrected chi connectivity index (χ2v) is 8.50. The number of hydrogen-bond acceptors (Lipinski definition) is 6. The maximum absolute atomic E-state index is 13.2. The highest BCUT2D eigenvalue weighted by molar-refractivity contribution is 7.15. The molecule has 2 aromatic heterocycles. The molecule has 5 rings (SSSR count). The van der Waals surface area contributed by atoms with E-state index in [-0.39, 0.29) is 11.7 Å². The van der Waals surface area contributed by atoms with E-state index in [1.165, 1.54) is 28.3 Å². The van der Waals surface area contributed by atoms with Gasteiger partial charge in [0, 0.05) is 35.5 Å². The van der Waals surface area contributed by atoms with Crippen LogP contribution in [0.1, 0.15) is 20.9 Å². The molecule has 0 atom stereocenters. The van der Waals surface area contributed by atoms with Gasteiger partial charge in [0.15, 0.2) is 10.9 Å². The van der Waals surface area contributed by atoms with Crippen molar-refractivity contribution in [2.75, 3.05) is 18.9 Å². The van der Waals surface area contributed by atoms with E-state index in [0.717, 1.165) is 25.2 Å². The molecule has 156 valence electrons. The molecule has 0 fully saturated rings. The number of halogens is 1. The summed E-state index contributed by atoms with van der Waals surface area (Å²) in [6.07, 6.45) is 2.46. The van der Waals surface area contributed by atoms with E-state index in [4.69, 9.17) is 4.42 Å². The highest BCUT2D eigenvalue weighted by Gasteiger charge is 2.21. The Morgan fingerprint density at radius 3 is 2.84 bits per heavy atom. The van der Waals surface area contributed by atoms with Crippen molar-refractivity contribution in [3.05, 3.63) is 76.7 Å². The molecule has 3 heterocycles. The van der Waals surface area contributed by atoms with Crippen LogP contribution in [0.15, 0.2) is 59.1 Å². The first kappa shape index (κ1) is 19.6. The molecule has 0 saturated carbocycles. The van der Waals surface area contributed by atoms with Gasteiger partial charge in [0.05, 0.1) is 17.5 Å². The van der Waals surface area contributed by atoms with Crippen molar-refractivity contribution in [1.82, 2.24) is 14.9 Å². The minimum atomic E-state index is -0.319. The molecule has 8 heteroatoms. The molecule has 1 N–H and O–H groups in total. The molecule has 0 unspecified atom stereocenters. The number of amides is 1. The first-order valence-electron chi connectivity index (χ1n) is 9.86. The highest BCUT2D eigenvalue weighted by atomic mass is 32.1. The number of thiazole rings is 1. The normalized spacial score (nSPS) is 13.7. The quantitative estimate of drug-likeness (QED) is 0.497. The fourth-order valence-corrected chi connectivity index (χ4v) is 4.64. The van der Waals surface area contributed by atoms with Crippen LogP contribution in [0.5, 0.6) is 0 Å². The van der Waals surface area contributed by atoms with E-state index >= 15 is 0 Å². The predicted octanol–water partition coefficient (Wildman–Crippen LogP) is 4.84. The molecule has 6 nitrogen and oxygen atoms in total. The van der Waals surface area contributed by atoms with Gasteiger partial charge in [-0.15, -0.1) is 11.3 Å². The van der Waals surface area contributed by atoms with Crippen LogP contribution in [0.3, 0.4) is 0 Å². The van der Waals surface area contributed by atoms with Gasteiger partial charge in [-0.05, 0) is 43.4 Å². The van der Waals surface area contributed by atoms with Gasteiger partial charge >= 0.3 is 0 Å². The molecule has 0 saturated heterocycles. The summed E-state index contributed by atoms with van der Waals surface area (Å²) in [4.78, 5) is 25.4. The van der Waals surface area contributed by atoms with Crippen LogP contribution in [0.2, 0.25) is 0 Å². The third-order valence-corrected chi connectivity index (χ3v) is 6.18. The average molecular weight is 434 g/mol. The molecule has 1 aliphatic rings. The first-order valence-corrected chi connectivity index (χ1v) is 10.7. The summed E-state index contributed by atoms with van der Waals surface area (Å²) in [7, 11) is 2.08. The Bertz CT molecular complexity index is 1250. The van der Waals surface area contributed by atoms with Crippen molar-refractivity contribution < 1.29 is 13.6 Å². The van der Waals surface area contributed by atoms with Crippen LogP contribution in [0.25, 0.3) is 22.8 Å². The third kappa shape index (κ3) is 3.99. The summed E-state index contributed by atoms with van der Waals surface area (Å²) in [5.74, 6) is 0.240. The predicted molar refractivity (Wildman–Crippen MR) is 117 cm³/mol. The number of carbonyl (C=O) groups excluding carboxylic acids is 1. The van der Waals surface area contributed by atoms with Gasteiger partial charge < -0.3 is 9.32 Å². The summed E-state index contributed by atoms with van der Waals surface area (Å²) in [5, 5.41) is 3.52. The van der Waals surface area contributed by atoms with Crippen molar-refractivity contribution in [3.8, 4) is 22.8 Å². The van der Waals surface area contributed by atoms with E-state index in [1.54, 1.807) is 36.5 Å². The van der Waals surface area contributed by atoms with Gasteiger partial charge in [-0.1, -0.05) is 12.1 Å². The monoisotopic (exact) mass is 434 g/mol. The lowest BCUT2D eigenvalue weighted by Crippen LogP contribution is -2.25. The van der Waals surface area contributed by atoms with Crippen molar-refractivity contribution in [2.45, 2.75) is 13.0 Å². The number of oxazole rings is 1. The van der Waals surface area contributed by atoms with Gasteiger partial charge in [-0.25, -0.2) is 14.4 Å².